The van der Waals surface area contributed by atoms with Gasteiger partial charge in [0.1, 0.15) is 5.82 Å². The molecule has 0 unspecified atom stereocenters. The lowest BCUT2D eigenvalue weighted by Gasteiger charge is -2.34. The SMILES string of the molecule is Nc1nnc(N2CCC(F)(F)CC2)c2c1CCCC2. The van der Waals surface area contributed by atoms with Crippen LogP contribution in [0, 0.1) is 0 Å². The number of hydrogen-bond donors (Lipinski definition) is 1. The fourth-order valence-electron chi connectivity index (χ4n) is 2.96. The zero-order valence-corrected chi connectivity index (χ0v) is 10.8. The number of halogens is 2. The predicted octanol–water partition coefficient (Wildman–Crippen LogP) is 2.17. The van der Waals surface area contributed by atoms with E-state index in [1.807, 2.05) is 4.90 Å². The molecule has 2 heterocycles. The molecule has 1 aliphatic heterocycles. The van der Waals surface area contributed by atoms with Crippen LogP contribution in [0.4, 0.5) is 20.4 Å². The smallest absolute Gasteiger partial charge is 0.251 e. The van der Waals surface area contributed by atoms with Crippen LogP contribution in [0.3, 0.4) is 0 Å². The third-order valence-electron chi connectivity index (χ3n) is 4.09. The van der Waals surface area contributed by atoms with Gasteiger partial charge in [0.2, 0.25) is 0 Å². The maximum atomic E-state index is 13.2. The first-order valence-corrected chi connectivity index (χ1v) is 6.83. The Bertz CT molecular complexity index is 480. The summed E-state index contributed by atoms with van der Waals surface area (Å²) in [5.41, 5.74) is 8.08. The summed E-state index contributed by atoms with van der Waals surface area (Å²) < 4.78 is 26.4. The Labute approximate surface area is 111 Å². The van der Waals surface area contributed by atoms with E-state index in [9.17, 15) is 8.78 Å². The second-order valence-corrected chi connectivity index (χ2v) is 5.42. The standard InChI is InChI=1S/C13H18F2N4/c14-13(15)5-7-19(8-6-13)12-10-4-2-1-3-9(10)11(16)17-18-12/h1-8H2,(H2,16,17). The molecule has 3 rings (SSSR count). The number of alkyl halides is 2. The van der Waals surface area contributed by atoms with Crippen LogP contribution in [-0.2, 0) is 12.8 Å². The van der Waals surface area contributed by atoms with Gasteiger partial charge in [-0.25, -0.2) is 8.78 Å². The first-order chi connectivity index (χ1) is 9.07. The van der Waals surface area contributed by atoms with Gasteiger partial charge >= 0.3 is 0 Å². The first-order valence-electron chi connectivity index (χ1n) is 6.83. The van der Waals surface area contributed by atoms with Crippen molar-refractivity contribution < 1.29 is 8.78 Å². The van der Waals surface area contributed by atoms with E-state index in [0.717, 1.165) is 42.6 Å². The molecule has 0 spiro atoms. The molecule has 1 aromatic heterocycles. The van der Waals surface area contributed by atoms with Crippen LogP contribution in [0.1, 0.15) is 36.8 Å². The number of hydrogen-bond acceptors (Lipinski definition) is 4. The highest BCUT2D eigenvalue weighted by Gasteiger charge is 2.35. The van der Waals surface area contributed by atoms with Gasteiger partial charge in [-0.15, -0.1) is 10.2 Å². The molecular formula is C13H18F2N4. The molecule has 1 aliphatic carbocycles. The van der Waals surface area contributed by atoms with Crippen LogP contribution < -0.4 is 10.6 Å². The summed E-state index contributed by atoms with van der Waals surface area (Å²) in [4.78, 5) is 1.94. The molecule has 0 atom stereocenters. The monoisotopic (exact) mass is 268 g/mol. The number of nitrogens with two attached hydrogens (primary N) is 1. The van der Waals surface area contributed by atoms with Gasteiger partial charge in [0.25, 0.3) is 5.92 Å². The number of piperidine rings is 1. The van der Waals surface area contributed by atoms with E-state index in [2.05, 4.69) is 10.2 Å². The zero-order valence-electron chi connectivity index (χ0n) is 10.8. The normalized spacial score (nSPS) is 22.1. The summed E-state index contributed by atoms with van der Waals surface area (Å²) in [5, 5.41) is 8.17. The molecule has 104 valence electrons. The van der Waals surface area contributed by atoms with E-state index in [0.29, 0.717) is 18.9 Å². The Balaban J connectivity index is 1.89. The van der Waals surface area contributed by atoms with Gasteiger partial charge in [0, 0.05) is 37.1 Å². The highest BCUT2D eigenvalue weighted by atomic mass is 19.3. The van der Waals surface area contributed by atoms with Gasteiger partial charge in [-0.05, 0) is 25.7 Å². The predicted molar refractivity (Wildman–Crippen MR) is 69.5 cm³/mol. The van der Waals surface area contributed by atoms with Gasteiger partial charge in [0.05, 0.1) is 0 Å². The summed E-state index contributed by atoms with van der Waals surface area (Å²) >= 11 is 0. The van der Waals surface area contributed by atoms with E-state index < -0.39 is 5.92 Å². The minimum atomic E-state index is -2.53. The van der Waals surface area contributed by atoms with E-state index in [-0.39, 0.29) is 12.8 Å². The maximum Gasteiger partial charge on any atom is 0.251 e. The quantitative estimate of drug-likeness (QED) is 0.848. The topological polar surface area (TPSA) is 55.0 Å². The minimum Gasteiger partial charge on any atom is -0.382 e. The molecule has 0 bridgehead atoms. The van der Waals surface area contributed by atoms with Crippen molar-refractivity contribution in [3.8, 4) is 0 Å². The number of fused-ring (bicyclic) bond motifs is 1. The van der Waals surface area contributed by atoms with Crippen molar-refractivity contribution in [3.05, 3.63) is 11.1 Å². The average Bonchev–Trinajstić information content (AvgIpc) is 2.40. The van der Waals surface area contributed by atoms with E-state index in [1.54, 1.807) is 0 Å². The summed E-state index contributed by atoms with van der Waals surface area (Å²) in [7, 11) is 0. The van der Waals surface area contributed by atoms with Crippen molar-refractivity contribution in [1.29, 1.82) is 0 Å². The van der Waals surface area contributed by atoms with Crippen molar-refractivity contribution in [2.45, 2.75) is 44.4 Å². The van der Waals surface area contributed by atoms with Crippen molar-refractivity contribution in [1.82, 2.24) is 10.2 Å². The minimum absolute atomic E-state index is 0.103. The van der Waals surface area contributed by atoms with E-state index in [4.69, 9.17) is 5.73 Å². The number of aromatic nitrogens is 2. The van der Waals surface area contributed by atoms with E-state index >= 15 is 0 Å². The van der Waals surface area contributed by atoms with Crippen LogP contribution in [0.15, 0.2) is 0 Å². The fraction of sp³-hybridized carbons (Fsp3) is 0.692. The van der Waals surface area contributed by atoms with Gasteiger partial charge in [-0.2, -0.15) is 0 Å². The lowest BCUT2D eigenvalue weighted by atomic mass is 9.92. The molecule has 6 heteroatoms. The summed E-state index contributed by atoms with van der Waals surface area (Å²) in [6.07, 6.45) is 3.86. The highest BCUT2D eigenvalue weighted by molar-refractivity contribution is 5.57. The van der Waals surface area contributed by atoms with Crippen LogP contribution >= 0.6 is 0 Å². The third kappa shape index (κ3) is 2.35. The maximum absolute atomic E-state index is 13.2. The Hall–Kier alpha value is -1.46. The van der Waals surface area contributed by atoms with Crippen LogP contribution in [0.5, 0.6) is 0 Å². The van der Waals surface area contributed by atoms with Gasteiger partial charge in [-0.3, -0.25) is 0 Å². The molecule has 2 aliphatic rings. The molecule has 19 heavy (non-hydrogen) atoms. The average molecular weight is 268 g/mol. The third-order valence-corrected chi connectivity index (χ3v) is 4.09. The van der Waals surface area contributed by atoms with Gasteiger partial charge < -0.3 is 10.6 Å². The number of nitrogen functional groups attached to an aromatic ring is 1. The number of anilines is 2. The molecule has 2 N–H and O–H groups in total. The molecule has 0 radical (unpaired) electrons. The van der Waals surface area contributed by atoms with E-state index in [1.165, 1.54) is 0 Å². The molecule has 1 saturated heterocycles. The Morgan fingerprint density at radius 3 is 2.32 bits per heavy atom. The summed E-state index contributed by atoms with van der Waals surface area (Å²) in [5.74, 6) is -1.25. The van der Waals surface area contributed by atoms with Crippen LogP contribution in [0.2, 0.25) is 0 Å². The molecule has 0 amide bonds. The van der Waals surface area contributed by atoms with Crippen molar-refractivity contribution in [3.63, 3.8) is 0 Å². The second-order valence-electron chi connectivity index (χ2n) is 5.42. The summed E-state index contributed by atoms with van der Waals surface area (Å²) in [6, 6.07) is 0. The van der Waals surface area contributed by atoms with Gasteiger partial charge in [-0.1, -0.05) is 0 Å². The Kier molecular flexibility index (Phi) is 3.03. The number of nitrogens with zero attached hydrogens (tertiary/aromatic N) is 3. The Morgan fingerprint density at radius 2 is 1.63 bits per heavy atom. The fourth-order valence-corrected chi connectivity index (χ4v) is 2.96. The highest BCUT2D eigenvalue weighted by Crippen LogP contribution is 2.35. The van der Waals surface area contributed by atoms with Crippen LogP contribution in [-0.4, -0.2) is 29.2 Å². The Morgan fingerprint density at radius 1 is 1.00 bits per heavy atom. The van der Waals surface area contributed by atoms with Gasteiger partial charge in [0.15, 0.2) is 5.82 Å². The largest absolute Gasteiger partial charge is 0.382 e. The lowest BCUT2D eigenvalue weighted by molar-refractivity contribution is -0.0222. The summed E-state index contributed by atoms with van der Waals surface area (Å²) in [6.45, 7) is 0.691. The second kappa shape index (κ2) is 4.58. The molecule has 0 saturated carbocycles. The molecule has 0 aromatic carbocycles. The van der Waals surface area contributed by atoms with Crippen molar-refractivity contribution >= 4 is 11.6 Å². The number of rotatable bonds is 1. The molecule has 1 aromatic rings. The zero-order chi connectivity index (χ0) is 13.5. The molecular weight excluding hydrogens is 250 g/mol. The van der Waals surface area contributed by atoms with Crippen molar-refractivity contribution in [2.24, 2.45) is 0 Å². The van der Waals surface area contributed by atoms with Crippen LogP contribution in [0.25, 0.3) is 0 Å². The molecule has 4 nitrogen and oxygen atoms in total. The molecule has 1 fully saturated rings. The van der Waals surface area contributed by atoms with Crippen molar-refractivity contribution in [2.75, 3.05) is 23.7 Å². The lowest BCUT2D eigenvalue weighted by Crippen LogP contribution is -2.40. The first kappa shape index (κ1) is 12.6.